The lowest BCUT2D eigenvalue weighted by molar-refractivity contribution is 0.0519. The standard InChI is InChI=1S/C11H14N4O2/c1-4-17-11(16)9-6-8(3)15(14-9)10-5-7(2)12-13-10/h5-6H,4H2,1-3H3,(H,12,13). The average Bonchev–Trinajstić information content (AvgIpc) is 2.85. The molecule has 0 fully saturated rings. The lowest BCUT2D eigenvalue weighted by Gasteiger charge is -1.98. The van der Waals surface area contributed by atoms with Gasteiger partial charge in [-0.25, -0.2) is 9.48 Å². The number of hydrogen-bond donors (Lipinski definition) is 1. The Bertz CT molecular complexity index is 541. The zero-order valence-electron chi connectivity index (χ0n) is 10.0. The highest BCUT2D eigenvalue weighted by Crippen LogP contribution is 2.11. The summed E-state index contributed by atoms with van der Waals surface area (Å²) in [5, 5.41) is 11.1. The molecule has 0 aliphatic rings. The van der Waals surface area contributed by atoms with Gasteiger partial charge in [0.1, 0.15) is 0 Å². The maximum Gasteiger partial charge on any atom is 0.358 e. The van der Waals surface area contributed by atoms with E-state index in [1.807, 2.05) is 19.9 Å². The van der Waals surface area contributed by atoms with Crippen LogP contribution in [0.1, 0.15) is 28.8 Å². The second kappa shape index (κ2) is 4.40. The largest absolute Gasteiger partial charge is 0.461 e. The molecule has 0 saturated carbocycles. The fraction of sp³-hybridized carbons (Fsp3) is 0.364. The van der Waals surface area contributed by atoms with Gasteiger partial charge in [0.05, 0.1) is 6.61 Å². The normalized spacial score (nSPS) is 10.5. The van der Waals surface area contributed by atoms with Crippen LogP contribution in [0.5, 0.6) is 0 Å². The van der Waals surface area contributed by atoms with Crippen LogP contribution in [-0.2, 0) is 4.74 Å². The van der Waals surface area contributed by atoms with Crippen LogP contribution in [0, 0.1) is 13.8 Å². The molecule has 0 aromatic carbocycles. The summed E-state index contributed by atoms with van der Waals surface area (Å²) in [7, 11) is 0. The summed E-state index contributed by atoms with van der Waals surface area (Å²) in [4.78, 5) is 11.5. The summed E-state index contributed by atoms with van der Waals surface area (Å²) in [6.45, 7) is 5.87. The van der Waals surface area contributed by atoms with E-state index in [1.54, 1.807) is 17.7 Å². The van der Waals surface area contributed by atoms with E-state index in [-0.39, 0.29) is 0 Å². The van der Waals surface area contributed by atoms with Crippen LogP contribution in [0.3, 0.4) is 0 Å². The summed E-state index contributed by atoms with van der Waals surface area (Å²) < 4.78 is 6.50. The van der Waals surface area contributed by atoms with Crippen molar-refractivity contribution in [2.45, 2.75) is 20.8 Å². The molecule has 0 amide bonds. The van der Waals surface area contributed by atoms with E-state index in [0.717, 1.165) is 11.4 Å². The molecule has 6 nitrogen and oxygen atoms in total. The Kier molecular flexibility index (Phi) is 2.95. The molecule has 0 aliphatic carbocycles. The second-order valence-corrected chi connectivity index (χ2v) is 3.71. The Morgan fingerprint density at radius 2 is 2.24 bits per heavy atom. The van der Waals surface area contributed by atoms with Crippen molar-refractivity contribution >= 4 is 5.97 Å². The predicted octanol–water partition coefficient (Wildman–Crippen LogP) is 1.39. The lowest BCUT2D eigenvalue weighted by atomic mass is 10.4. The van der Waals surface area contributed by atoms with E-state index in [2.05, 4.69) is 15.3 Å². The lowest BCUT2D eigenvalue weighted by Crippen LogP contribution is -2.07. The molecule has 2 heterocycles. The number of aromatic amines is 1. The molecule has 1 N–H and O–H groups in total. The Morgan fingerprint density at radius 1 is 1.47 bits per heavy atom. The summed E-state index contributed by atoms with van der Waals surface area (Å²) in [5.41, 5.74) is 2.07. The number of nitrogens with zero attached hydrogens (tertiary/aromatic N) is 3. The van der Waals surface area contributed by atoms with Crippen molar-refractivity contribution in [2.24, 2.45) is 0 Å². The van der Waals surface area contributed by atoms with E-state index in [1.165, 1.54) is 0 Å². The van der Waals surface area contributed by atoms with E-state index < -0.39 is 5.97 Å². The number of ether oxygens (including phenoxy) is 1. The van der Waals surface area contributed by atoms with Crippen LogP contribution < -0.4 is 0 Å². The zero-order chi connectivity index (χ0) is 12.4. The molecule has 0 aliphatic heterocycles. The highest BCUT2D eigenvalue weighted by molar-refractivity contribution is 5.87. The highest BCUT2D eigenvalue weighted by atomic mass is 16.5. The van der Waals surface area contributed by atoms with E-state index in [0.29, 0.717) is 18.1 Å². The van der Waals surface area contributed by atoms with Crippen molar-refractivity contribution in [1.82, 2.24) is 20.0 Å². The van der Waals surface area contributed by atoms with Crippen LogP contribution in [-0.4, -0.2) is 32.6 Å². The fourth-order valence-electron chi connectivity index (χ4n) is 1.52. The van der Waals surface area contributed by atoms with Crippen LogP contribution in [0.15, 0.2) is 12.1 Å². The van der Waals surface area contributed by atoms with Gasteiger partial charge in [0.25, 0.3) is 0 Å². The van der Waals surface area contributed by atoms with Crippen LogP contribution >= 0.6 is 0 Å². The number of carbonyl (C=O) groups excluding carboxylic acids is 1. The van der Waals surface area contributed by atoms with Gasteiger partial charge in [0.15, 0.2) is 11.5 Å². The molecule has 2 rings (SSSR count). The molecule has 0 saturated heterocycles. The fourth-order valence-corrected chi connectivity index (χ4v) is 1.52. The number of rotatable bonds is 3. The van der Waals surface area contributed by atoms with Gasteiger partial charge in [-0.1, -0.05) is 0 Å². The predicted molar refractivity (Wildman–Crippen MR) is 61.1 cm³/mol. The molecule has 17 heavy (non-hydrogen) atoms. The van der Waals surface area contributed by atoms with Crippen molar-refractivity contribution in [1.29, 1.82) is 0 Å². The number of aromatic nitrogens is 4. The van der Waals surface area contributed by atoms with Crippen molar-refractivity contribution in [3.63, 3.8) is 0 Å². The molecule has 90 valence electrons. The molecule has 6 heteroatoms. The first-order chi connectivity index (χ1) is 8.11. The summed E-state index contributed by atoms with van der Waals surface area (Å²) in [6.07, 6.45) is 0. The maximum atomic E-state index is 11.5. The van der Waals surface area contributed by atoms with Crippen LogP contribution in [0.2, 0.25) is 0 Å². The van der Waals surface area contributed by atoms with Gasteiger partial charge < -0.3 is 4.74 Å². The van der Waals surface area contributed by atoms with Gasteiger partial charge in [0, 0.05) is 17.5 Å². The number of hydrogen-bond acceptors (Lipinski definition) is 4. The third kappa shape index (κ3) is 2.20. The molecule has 2 aromatic rings. The van der Waals surface area contributed by atoms with E-state index in [9.17, 15) is 4.79 Å². The van der Waals surface area contributed by atoms with Crippen LogP contribution in [0.4, 0.5) is 0 Å². The van der Waals surface area contributed by atoms with Crippen LogP contribution in [0.25, 0.3) is 5.82 Å². The molecule has 2 aromatic heterocycles. The van der Waals surface area contributed by atoms with Gasteiger partial charge >= 0.3 is 5.97 Å². The van der Waals surface area contributed by atoms with Crippen molar-refractivity contribution in [3.8, 4) is 5.82 Å². The number of aryl methyl sites for hydroxylation is 2. The minimum atomic E-state index is -0.415. The molecule has 0 unspecified atom stereocenters. The summed E-state index contributed by atoms with van der Waals surface area (Å²) in [6, 6.07) is 3.54. The number of carbonyl (C=O) groups is 1. The minimum Gasteiger partial charge on any atom is -0.461 e. The molecule has 0 radical (unpaired) electrons. The first kappa shape index (κ1) is 11.4. The smallest absolute Gasteiger partial charge is 0.358 e. The molecule has 0 atom stereocenters. The maximum absolute atomic E-state index is 11.5. The molecule has 0 bridgehead atoms. The monoisotopic (exact) mass is 234 g/mol. The van der Waals surface area contributed by atoms with Gasteiger partial charge in [-0.05, 0) is 26.8 Å². The average molecular weight is 234 g/mol. The van der Waals surface area contributed by atoms with Gasteiger partial charge in [0.2, 0.25) is 0 Å². The Balaban J connectivity index is 2.34. The topological polar surface area (TPSA) is 72.8 Å². The molecule has 0 spiro atoms. The minimum absolute atomic E-state index is 0.296. The number of H-pyrrole nitrogens is 1. The Hall–Kier alpha value is -2.11. The van der Waals surface area contributed by atoms with Gasteiger partial charge in [-0.2, -0.15) is 10.2 Å². The van der Waals surface area contributed by atoms with Crippen molar-refractivity contribution < 1.29 is 9.53 Å². The Labute approximate surface area is 98.6 Å². The van der Waals surface area contributed by atoms with Gasteiger partial charge in [-0.3, -0.25) is 5.10 Å². The Morgan fingerprint density at radius 3 is 2.82 bits per heavy atom. The van der Waals surface area contributed by atoms with Gasteiger partial charge in [-0.15, -0.1) is 0 Å². The third-order valence-electron chi connectivity index (χ3n) is 2.28. The first-order valence-corrected chi connectivity index (χ1v) is 5.38. The SMILES string of the molecule is CCOC(=O)c1cc(C)n(-c2cc(C)[nH]n2)n1. The van der Waals surface area contributed by atoms with E-state index >= 15 is 0 Å². The molecular formula is C11H14N4O2. The van der Waals surface area contributed by atoms with Crippen molar-refractivity contribution in [2.75, 3.05) is 6.61 Å². The third-order valence-corrected chi connectivity index (χ3v) is 2.28. The van der Waals surface area contributed by atoms with E-state index in [4.69, 9.17) is 4.74 Å². The summed E-state index contributed by atoms with van der Waals surface area (Å²) in [5.74, 6) is 0.247. The van der Waals surface area contributed by atoms with Crippen molar-refractivity contribution in [3.05, 3.63) is 29.2 Å². The second-order valence-electron chi connectivity index (χ2n) is 3.71. The quantitative estimate of drug-likeness (QED) is 0.814. The number of nitrogens with one attached hydrogen (secondary N) is 1. The highest BCUT2D eigenvalue weighted by Gasteiger charge is 2.15. The zero-order valence-corrected chi connectivity index (χ0v) is 10.0. The number of esters is 1. The molecular weight excluding hydrogens is 220 g/mol. The summed E-state index contributed by atoms with van der Waals surface area (Å²) >= 11 is 0. The first-order valence-electron chi connectivity index (χ1n) is 5.38.